The minimum Gasteiger partial charge on any atom is -0.444 e. The summed E-state index contributed by atoms with van der Waals surface area (Å²) in [6, 6.07) is 10.1. The highest BCUT2D eigenvalue weighted by Crippen LogP contribution is 2.51. The number of likely N-dealkylation sites (tertiary alicyclic amines) is 2. The van der Waals surface area contributed by atoms with Crippen LogP contribution in [0.5, 0.6) is 0 Å². The van der Waals surface area contributed by atoms with Crippen LogP contribution in [0.2, 0.25) is 0 Å². The van der Waals surface area contributed by atoms with Gasteiger partial charge in [-0.1, -0.05) is 30.3 Å². The molecule has 2 heterocycles. The molecule has 1 aromatic rings. The van der Waals surface area contributed by atoms with E-state index in [0.29, 0.717) is 37.6 Å². The van der Waals surface area contributed by atoms with Crippen LogP contribution in [0.25, 0.3) is 0 Å². The average Bonchev–Trinajstić information content (AvgIpc) is 3.94. The Labute approximate surface area is 283 Å². The van der Waals surface area contributed by atoms with Crippen LogP contribution >= 0.6 is 0 Å². The topological polar surface area (TPSA) is 109 Å². The molecular weight excluding hydrogens is 596 g/mol. The third-order valence-corrected chi connectivity index (χ3v) is 10.0. The van der Waals surface area contributed by atoms with Crippen molar-refractivity contribution in [2.24, 2.45) is 35.5 Å². The lowest BCUT2D eigenvalue weighted by Gasteiger charge is -2.33. The van der Waals surface area contributed by atoms with Gasteiger partial charge in [-0.2, -0.15) is 0 Å². The van der Waals surface area contributed by atoms with Gasteiger partial charge in [-0.15, -0.1) is 0 Å². The first-order valence-electron chi connectivity index (χ1n) is 18.1. The van der Waals surface area contributed by atoms with Crippen molar-refractivity contribution in [3.05, 3.63) is 35.9 Å². The largest absolute Gasteiger partial charge is 0.444 e. The number of hydrogen-bond donors (Lipinski definition) is 2. The first-order valence-corrected chi connectivity index (χ1v) is 18.1. The van der Waals surface area contributed by atoms with Gasteiger partial charge in [0.15, 0.2) is 0 Å². The lowest BCUT2D eigenvalue weighted by Crippen LogP contribution is -2.42. The predicted octanol–water partition coefficient (Wildman–Crippen LogP) is 6.89. The molecular formula is C38H62N2O7. The molecule has 2 aliphatic heterocycles. The summed E-state index contributed by atoms with van der Waals surface area (Å²) in [5, 5.41) is 19.2. The molecule has 4 fully saturated rings. The Morgan fingerprint density at radius 1 is 0.787 bits per heavy atom. The second-order valence-corrected chi connectivity index (χ2v) is 16.3. The van der Waals surface area contributed by atoms with Crippen molar-refractivity contribution in [1.29, 1.82) is 0 Å². The third-order valence-electron chi connectivity index (χ3n) is 10.0. The number of ether oxygens (including phenoxy) is 3. The minimum absolute atomic E-state index is 0.173. The van der Waals surface area contributed by atoms with E-state index in [1.54, 1.807) is 0 Å². The van der Waals surface area contributed by atoms with Crippen LogP contribution in [0.15, 0.2) is 30.3 Å². The summed E-state index contributed by atoms with van der Waals surface area (Å²) >= 11 is 0. The molecule has 1 aromatic carbocycles. The molecule has 5 atom stereocenters. The summed E-state index contributed by atoms with van der Waals surface area (Å²) in [6.45, 7) is 15.9. The number of nitrogens with zero attached hydrogens (tertiary/aromatic N) is 2. The first-order chi connectivity index (χ1) is 22.2. The molecule has 9 heteroatoms. The number of aliphatic hydroxyl groups is 2. The van der Waals surface area contributed by atoms with E-state index in [-0.39, 0.29) is 18.3 Å². The van der Waals surface area contributed by atoms with Crippen LogP contribution in [0.4, 0.5) is 9.59 Å². The first kappa shape index (κ1) is 37.5. The van der Waals surface area contributed by atoms with Crippen molar-refractivity contribution < 1.29 is 34.0 Å². The fourth-order valence-corrected chi connectivity index (χ4v) is 7.44. The number of rotatable bonds is 10. The molecule has 5 rings (SSSR count). The SMILES string of the molecule is CC(C)(C)OC(=O)N1CCC(C2CC2CCO)CC1.CC(C)(C)OC(=O)N1CCC(C2CC2C[C@@H](O)COCc2ccccc2)CC1. The smallest absolute Gasteiger partial charge is 0.410 e. The second kappa shape index (κ2) is 16.8. The summed E-state index contributed by atoms with van der Waals surface area (Å²) in [5.74, 6) is 4.25. The number of carbonyl (C=O) groups excluding carboxylic acids is 2. The fourth-order valence-electron chi connectivity index (χ4n) is 7.44. The van der Waals surface area contributed by atoms with Crippen molar-refractivity contribution in [2.45, 2.75) is 117 Å². The molecule has 0 spiro atoms. The van der Waals surface area contributed by atoms with Crippen LogP contribution in [-0.2, 0) is 20.8 Å². The number of benzene rings is 1. The molecule has 4 aliphatic rings. The van der Waals surface area contributed by atoms with Crippen LogP contribution in [0.1, 0.15) is 98.5 Å². The maximum atomic E-state index is 12.2. The second-order valence-electron chi connectivity index (χ2n) is 16.3. The number of carbonyl (C=O) groups is 2. The molecule has 0 aromatic heterocycles. The zero-order valence-corrected chi connectivity index (χ0v) is 29.9. The molecule has 9 nitrogen and oxygen atoms in total. The quantitative estimate of drug-likeness (QED) is 0.282. The van der Waals surface area contributed by atoms with Crippen LogP contribution < -0.4 is 0 Å². The highest BCUT2D eigenvalue weighted by Gasteiger charge is 2.45. The monoisotopic (exact) mass is 658 g/mol. The molecule has 2 saturated carbocycles. The fraction of sp³-hybridized carbons (Fsp3) is 0.789. The zero-order chi connectivity index (χ0) is 34.2. The molecule has 0 radical (unpaired) electrons. The van der Waals surface area contributed by atoms with Crippen LogP contribution in [0, 0.1) is 35.5 Å². The molecule has 4 unspecified atom stereocenters. The average molecular weight is 659 g/mol. The van der Waals surface area contributed by atoms with E-state index in [2.05, 4.69) is 0 Å². The van der Waals surface area contributed by atoms with Gasteiger partial charge in [0.25, 0.3) is 0 Å². The Kier molecular flexibility index (Phi) is 13.4. The number of aliphatic hydroxyl groups excluding tert-OH is 2. The van der Waals surface area contributed by atoms with Gasteiger partial charge in [0, 0.05) is 32.8 Å². The minimum atomic E-state index is -0.436. The van der Waals surface area contributed by atoms with Gasteiger partial charge in [-0.05, 0) is 134 Å². The van der Waals surface area contributed by atoms with Gasteiger partial charge >= 0.3 is 12.2 Å². The van der Waals surface area contributed by atoms with Gasteiger partial charge < -0.3 is 34.2 Å². The van der Waals surface area contributed by atoms with Crippen molar-refractivity contribution in [3.8, 4) is 0 Å². The summed E-state index contributed by atoms with van der Waals surface area (Å²) in [4.78, 5) is 27.8. The highest BCUT2D eigenvalue weighted by molar-refractivity contribution is 5.68. The molecule has 0 bridgehead atoms. The van der Waals surface area contributed by atoms with Gasteiger partial charge in [-0.3, -0.25) is 0 Å². The molecule has 2 amide bonds. The standard InChI is InChI=1S/C23H35NO4.C15H27NO3/c1-23(2,3)28-22(26)24-11-9-18(10-12-24)21-14-19(21)13-20(25)16-27-15-17-7-5-4-6-8-17;1-15(2,3)19-14(18)16-7-4-11(5-8-16)13-10-12(13)6-9-17/h4-8,18-21,25H,9-16H2,1-3H3;11-13,17H,4-10H2,1-3H3/t19?,20-,21?;/m1./s1. The van der Waals surface area contributed by atoms with Crippen LogP contribution in [0.3, 0.4) is 0 Å². The summed E-state index contributed by atoms with van der Waals surface area (Å²) in [7, 11) is 0. The van der Waals surface area contributed by atoms with E-state index in [9.17, 15) is 14.7 Å². The summed E-state index contributed by atoms with van der Waals surface area (Å²) < 4.78 is 16.5. The van der Waals surface area contributed by atoms with E-state index < -0.39 is 11.2 Å². The number of amides is 2. The van der Waals surface area contributed by atoms with Crippen LogP contribution in [-0.4, -0.2) is 88.9 Å². The highest BCUT2D eigenvalue weighted by atomic mass is 16.6. The normalized spacial score (nSPS) is 25.8. The van der Waals surface area contributed by atoms with Gasteiger partial charge in [0.2, 0.25) is 0 Å². The van der Waals surface area contributed by atoms with E-state index in [1.165, 1.54) is 12.8 Å². The molecule has 2 N–H and O–H groups in total. The van der Waals surface area contributed by atoms with Gasteiger partial charge in [0.1, 0.15) is 11.2 Å². The van der Waals surface area contributed by atoms with Gasteiger partial charge in [0.05, 0.1) is 19.3 Å². The molecule has 266 valence electrons. The van der Waals surface area contributed by atoms with Crippen molar-refractivity contribution >= 4 is 12.2 Å². The van der Waals surface area contributed by atoms with Gasteiger partial charge in [-0.25, -0.2) is 9.59 Å². The summed E-state index contributed by atoms with van der Waals surface area (Å²) in [5.41, 5.74) is 0.293. The molecule has 2 saturated heterocycles. The number of piperidine rings is 2. The maximum Gasteiger partial charge on any atom is 0.410 e. The predicted molar refractivity (Wildman–Crippen MR) is 183 cm³/mol. The lowest BCUT2D eigenvalue weighted by molar-refractivity contribution is 0.0150. The van der Waals surface area contributed by atoms with E-state index >= 15 is 0 Å². The third kappa shape index (κ3) is 12.9. The zero-order valence-electron chi connectivity index (χ0n) is 29.9. The number of hydrogen-bond acceptors (Lipinski definition) is 7. The Bertz CT molecular complexity index is 1100. The Balaban J connectivity index is 0.000000229. The Hall–Kier alpha value is -2.36. The molecule has 47 heavy (non-hydrogen) atoms. The lowest BCUT2D eigenvalue weighted by atomic mass is 9.90. The molecule has 2 aliphatic carbocycles. The summed E-state index contributed by atoms with van der Waals surface area (Å²) in [6.07, 6.45) is 7.77. The van der Waals surface area contributed by atoms with E-state index in [1.807, 2.05) is 81.7 Å². The van der Waals surface area contributed by atoms with E-state index in [0.717, 1.165) is 88.0 Å². The Morgan fingerprint density at radius 2 is 1.26 bits per heavy atom. The van der Waals surface area contributed by atoms with E-state index in [4.69, 9.17) is 19.3 Å². The van der Waals surface area contributed by atoms with Crippen molar-refractivity contribution in [3.63, 3.8) is 0 Å². The van der Waals surface area contributed by atoms with Crippen molar-refractivity contribution in [1.82, 2.24) is 9.80 Å². The van der Waals surface area contributed by atoms with Crippen molar-refractivity contribution in [2.75, 3.05) is 39.4 Å². The Morgan fingerprint density at radius 3 is 1.72 bits per heavy atom. The maximum absolute atomic E-state index is 12.2.